The van der Waals surface area contributed by atoms with E-state index in [1.807, 2.05) is 25.1 Å². The Morgan fingerprint density at radius 2 is 2.15 bits per heavy atom. The van der Waals surface area contributed by atoms with E-state index in [0.717, 1.165) is 30.0 Å². The summed E-state index contributed by atoms with van der Waals surface area (Å²) in [4.78, 5) is 4.17. The average molecular weight is 275 g/mol. The van der Waals surface area contributed by atoms with Crippen molar-refractivity contribution in [1.82, 2.24) is 15.5 Å². The number of aryl methyl sites for hydroxylation is 1. The third kappa shape index (κ3) is 2.75. The molecule has 0 aliphatic carbocycles. The van der Waals surface area contributed by atoms with E-state index in [9.17, 15) is 0 Å². The van der Waals surface area contributed by atoms with Crippen LogP contribution in [0, 0.1) is 6.92 Å². The zero-order valence-electron chi connectivity index (χ0n) is 11.5. The van der Waals surface area contributed by atoms with Gasteiger partial charge in [0.2, 0.25) is 12.7 Å². The standard InChI is InChI=1S/C14H17N3O3/c1-9(15-6-5-14-16-10(2)17-20-14)11-3-4-12-13(7-11)19-8-18-12/h3-4,7,9,15H,5-6,8H2,1-2H3. The molecule has 0 radical (unpaired) electrons. The second-order valence-electron chi connectivity index (χ2n) is 4.77. The van der Waals surface area contributed by atoms with Crippen LogP contribution in [0.25, 0.3) is 0 Å². The predicted octanol–water partition coefficient (Wildman–Crippen LogP) is 2.00. The van der Waals surface area contributed by atoms with E-state index in [1.54, 1.807) is 0 Å². The second kappa shape index (κ2) is 5.50. The second-order valence-corrected chi connectivity index (χ2v) is 4.77. The first-order valence-corrected chi connectivity index (χ1v) is 6.64. The molecule has 6 heteroatoms. The smallest absolute Gasteiger partial charge is 0.231 e. The average Bonchev–Trinajstić information content (AvgIpc) is 3.06. The van der Waals surface area contributed by atoms with E-state index in [0.29, 0.717) is 18.5 Å². The maximum absolute atomic E-state index is 5.38. The molecule has 1 aromatic carbocycles. The summed E-state index contributed by atoms with van der Waals surface area (Å²) in [6.07, 6.45) is 0.718. The Morgan fingerprint density at radius 3 is 2.95 bits per heavy atom. The lowest BCUT2D eigenvalue weighted by molar-refractivity contribution is 0.174. The lowest BCUT2D eigenvalue weighted by Crippen LogP contribution is -2.21. The quantitative estimate of drug-likeness (QED) is 0.900. The number of aromatic nitrogens is 2. The van der Waals surface area contributed by atoms with Gasteiger partial charge in [-0.25, -0.2) is 0 Å². The lowest BCUT2D eigenvalue weighted by Gasteiger charge is -2.13. The molecule has 20 heavy (non-hydrogen) atoms. The minimum atomic E-state index is 0.216. The first-order valence-electron chi connectivity index (χ1n) is 6.64. The van der Waals surface area contributed by atoms with Gasteiger partial charge in [-0.05, 0) is 31.5 Å². The summed E-state index contributed by atoms with van der Waals surface area (Å²) in [5.74, 6) is 2.95. The molecule has 2 aromatic rings. The first kappa shape index (κ1) is 12.9. The molecule has 1 aromatic heterocycles. The summed E-state index contributed by atoms with van der Waals surface area (Å²) in [5.41, 5.74) is 1.16. The SMILES string of the molecule is Cc1noc(CCNC(C)c2ccc3c(c2)OCO3)n1. The summed E-state index contributed by atoms with van der Waals surface area (Å²) in [6.45, 7) is 5.00. The molecule has 0 saturated carbocycles. The van der Waals surface area contributed by atoms with Crippen molar-refractivity contribution in [2.24, 2.45) is 0 Å². The van der Waals surface area contributed by atoms with E-state index >= 15 is 0 Å². The molecule has 1 atom stereocenters. The first-order chi connectivity index (χ1) is 9.72. The van der Waals surface area contributed by atoms with Crippen molar-refractivity contribution in [2.45, 2.75) is 26.3 Å². The minimum Gasteiger partial charge on any atom is -0.454 e. The van der Waals surface area contributed by atoms with Gasteiger partial charge in [-0.2, -0.15) is 4.98 Å². The summed E-state index contributed by atoms with van der Waals surface area (Å²) in [7, 11) is 0. The zero-order chi connectivity index (χ0) is 13.9. The van der Waals surface area contributed by atoms with Gasteiger partial charge in [0.1, 0.15) is 0 Å². The molecule has 0 saturated heterocycles. The zero-order valence-corrected chi connectivity index (χ0v) is 11.5. The fraction of sp³-hybridized carbons (Fsp3) is 0.429. The van der Waals surface area contributed by atoms with Gasteiger partial charge in [-0.15, -0.1) is 0 Å². The van der Waals surface area contributed by atoms with E-state index in [1.165, 1.54) is 0 Å². The van der Waals surface area contributed by atoms with Crippen molar-refractivity contribution in [2.75, 3.05) is 13.3 Å². The molecular weight excluding hydrogens is 258 g/mol. The van der Waals surface area contributed by atoms with Crippen LogP contribution in [0.1, 0.15) is 30.2 Å². The molecule has 2 heterocycles. The Bertz CT molecular complexity index is 597. The Morgan fingerprint density at radius 1 is 1.30 bits per heavy atom. The molecule has 0 spiro atoms. The Hall–Kier alpha value is -2.08. The number of hydrogen-bond acceptors (Lipinski definition) is 6. The molecule has 0 amide bonds. The normalized spacial score (nSPS) is 14.5. The van der Waals surface area contributed by atoms with Crippen molar-refractivity contribution in [3.05, 3.63) is 35.5 Å². The van der Waals surface area contributed by atoms with E-state index in [2.05, 4.69) is 22.4 Å². The van der Waals surface area contributed by atoms with Gasteiger partial charge in [0.05, 0.1) is 0 Å². The fourth-order valence-corrected chi connectivity index (χ4v) is 2.14. The highest BCUT2D eigenvalue weighted by molar-refractivity contribution is 5.45. The monoisotopic (exact) mass is 275 g/mol. The molecule has 106 valence electrons. The van der Waals surface area contributed by atoms with Crippen LogP contribution in [0.5, 0.6) is 11.5 Å². The van der Waals surface area contributed by atoms with Crippen LogP contribution in [0.3, 0.4) is 0 Å². The van der Waals surface area contributed by atoms with Crippen molar-refractivity contribution < 1.29 is 14.0 Å². The number of ether oxygens (including phenoxy) is 2. The highest BCUT2D eigenvalue weighted by atomic mass is 16.7. The molecule has 0 bridgehead atoms. The number of rotatable bonds is 5. The topological polar surface area (TPSA) is 69.4 Å². The Balaban J connectivity index is 1.55. The highest BCUT2D eigenvalue weighted by Crippen LogP contribution is 2.34. The van der Waals surface area contributed by atoms with Gasteiger partial charge in [-0.3, -0.25) is 0 Å². The van der Waals surface area contributed by atoms with Crippen molar-refractivity contribution in [3.63, 3.8) is 0 Å². The van der Waals surface area contributed by atoms with Crippen LogP contribution in [0.2, 0.25) is 0 Å². The fourth-order valence-electron chi connectivity index (χ4n) is 2.14. The molecule has 0 fully saturated rings. The molecular formula is C14H17N3O3. The predicted molar refractivity (Wildman–Crippen MR) is 71.7 cm³/mol. The third-order valence-corrected chi connectivity index (χ3v) is 3.26. The van der Waals surface area contributed by atoms with Crippen LogP contribution < -0.4 is 14.8 Å². The van der Waals surface area contributed by atoms with Crippen LogP contribution in [0.15, 0.2) is 22.7 Å². The summed E-state index contributed by atoms with van der Waals surface area (Å²) in [6, 6.07) is 6.21. The molecule has 3 rings (SSSR count). The van der Waals surface area contributed by atoms with Gasteiger partial charge in [0.15, 0.2) is 17.3 Å². The number of nitrogens with one attached hydrogen (secondary N) is 1. The summed E-state index contributed by atoms with van der Waals surface area (Å²) >= 11 is 0. The van der Waals surface area contributed by atoms with Gasteiger partial charge in [0, 0.05) is 19.0 Å². The molecule has 1 N–H and O–H groups in total. The van der Waals surface area contributed by atoms with Crippen LogP contribution in [0.4, 0.5) is 0 Å². The van der Waals surface area contributed by atoms with Gasteiger partial charge < -0.3 is 19.3 Å². The van der Waals surface area contributed by atoms with Crippen LogP contribution >= 0.6 is 0 Å². The van der Waals surface area contributed by atoms with E-state index in [-0.39, 0.29) is 6.04 Å². The summed E-state index contributed by atoms with van der Waals surface area (Å²) in [5, 5.41) is 7.19. The minimum absolute atomic E-state index is 0.216. The summed E-state index contributed by atoms with van der Waals surface area (Å²) < 4.78 is 15.8. The number of hydrogen-bond donors (Lipinski definition) is 1. The van der Waals surface area contributed by atoms with Crippen molar-refractivity contribution in [1.29, 1.82) is 0 Å². The van der Waals surface area contributed by atoms with Crippen LogP contribution in [-0.2, 0) is 6.42 Å². The molecule has 1 aliphatic rings. The number of benzene rings is 1. The lowest BCUT2D eigenvalue weighted by atomic mass is 10.1. The molecule has 1 aliphatic heterocycles. The largest absolute Gasteiger partial charge is 0.454 e. The molecule has 6 nitrogen and oxygen atoms in total. The number of fused-ring (bicyclic) bond motifs is 1. The van der Waals surface area contributed by atoms with Crippen molar-refractivity contribution >= 4 is 0 Å². The van der Waals surface area contributed by atoms with Gasteiger partial charge in [-0.1, -0.05) is 11.2 Å². The maximum atomic E-state index is 5.38. The molecule has 1 unspecified atom stereocenters. The highest BCUT2D eigenvalue weighted by Gasteiger charge is 2.15. The Kier molecular flexibility index (Phi) is 3.56. The number of nitrogens with zero attached hydrogens (tertiary/aromatic N) is 2. The van der Waals surface area contributed by atoms with Crippen LogP contribution in [-0.4, -0.2) is 23.5 Å². The van der Waals surface area contributed by atoms with E-state index in [4.69, 9.17) is 14.0 Å². The maximum Gasteiger partial charge on any atom is 0.231 e. The van der Waals surface area contributed by atoms with Gasteiger partial charge in [0.25, 0.3) is 0 Å². The third-order valence-electron chi connectivity index (χ3n) is 3.26. The Labute approximate surface area is 117 Å². The van der Waals surface area contributed by atoms with E-state index < -0.39 is 0 Å². The van der Waals surface area contributed by atoms with Crippen molar-refractivity contribution in [3.8, 4) is 11.5 Å². The van der Waals surface area contributed by atoms with Gasteiger partial charge >= 0.3 is 0 Å².